The highest BCUT2D eigenvalue weighted by molar-refractivity contribution is 6.35. The van der Waals surface area contributed by atoms with E-state index in [4.69, 9.17) is 25.8 Å². The van der Waals surface area contributed by atoms with Crippen LogP contribution in [0.15, 0.2) is 140 Å². The number of fused-ring (bicyclic) bond motifs is 3. The van der Waals surface area contributed by atoms with Crippen molar-refractivity contribution in [2.24, 2.45) is 0 Å². The van der Waals surface area contributed by atoms with Crippen molar-refractivity contribution in [2.75, 3.05) is 0 Å². The van der Waals surface area contributed by atoms with Gasteiger partial charge in [-0.2, -0.15) is 10.5 Å². The zero-order valence-electron chi connectivity index (χ0n) is 27.1. The molecule has 8 rings (SSSR count). The average Bonchev–Trinajstić information content (AvgIpc) is 3.65. The molecule has 1 N–H and O–H groups in total. The Balaban J connectivity index is 0.000000170. The van der Waals surface area contributed by atoms with Gasteiger partial charge in [-0.3, -0.25) is 9.97 Å². The molecule has 0 aliphatic carbocycles. The number of pyridine rings is 2. The van der Waals surface area contributed by atoms with Gasteiger partial charge >= 0.3 is 0 Å². The average molecular weight is 686 g/mol. The van der Waals surface area contributed by atoms with Crippen molar-refractivity contribution in [1.82, 2.24) is 15.0 Å². The molecule has 0 radical (unpaired) electrons. The van der Waals surface area contributed by atoms with Gasteiger partial charge in [-0.05, 0) is 59.7 Å². The van der Waals surface area contributed by atoms with E-state index < -0.39 is 0 Å². The lowest BCUT2D eigenvalue weighted by molar-refractivity contribution is 0.305. The summed E-state index contributed by atoms with van der Waals surface area (Å²) in [6.45, 7) is 0.787. The van der Waals surface area contributed by atoms with E-state index in [1.165, 1.54) is 0 Å². The van der Waals surface area contributed by atoms with Crippen molar-refractivity contribution in [1.29, 1.82) is 10.5 Å². The summed E-state index contributed by atoms with van der Waals surface area (Å²) in [5.74, 6) is 2.38. The number of aromatic amines is 1. The summed E-state index contributed by atoms with van der Waals surface area (Å²) < 4.78 is 17.8. The van der Waals surface area contributed by atoms with Crippen LogP contribution in [0.4, 0.5) is 0 Å². The van der Waals surface area contributed by atoms with Gasteiger partial charge < -0.3 is 19.2 Å². The van der Waals surface area contributed by atoms with E-state index in [0.29, 0.717) is 57.6 Å². The Labute approximate surface area is 298 Å². The van der Waals surface area contributed by atoms with Crippen LogP contribution in [-0.4, -0.2) is 15.0 Å². The smallest absolute Gasteiger partial charge is 0.139 e. The standard InChI is InChI=1S/C25H17N3O2.C17H11ClN2O/c26-15-19-13-21-23(14-25(19)29-16-17-4-2-1-3-5-17)28-11-9-24(21)30-20-6-7-22-18(12-20)8-10-27-22;18-15-6-7-20-16-9-17(13(10-19)8-14(15)16)21-11-12-4-2-1-3-5-12/h1-14,27H,16H2;1-9H,11H2. The van der Waals surface area contributed by atoms with Crippen LogP contribution in [0, 0.1) is 22.7 Å². The van der Waals surface area contributed by atoms with E-state index >= 15 is 0 Å². The quantitative estimate of drug-likeness (QED) is 0.169. The third kappa shape index (κ3) is 7.58. The fraction of sp³-hybridized carbons (Fsp3) is 0.0476. The van der Waals surface area contributed by atoms with E-state index in [9.17, 15) is 10.5 Å². The molecule has 0 aliphatic rings. The number of nitrogens with one attached hydrogen (secondary N) is 1. The summed E-state index contributed by atoms with van der Waals surface area (Å²) in [7, 11) is 0. The summed E-state index contributed by atoms with van der Waals surface area (Å²) >= 11 is 6.12. The monoisotopic (exact) mass is 685 g/mol. The molecule has 0 amide bonds. The van der Waals surface area contributed by atoms with Crippen molar-refractivity contribution >= 4 is 44.3 Å². The second-order valence-electron chi connectivity index (χ2n) is 11.4. The van der Waals surface area contributed by atoms with Gasteiger partial charge in [0.15, 0.2) is 0 Å². The predicted octanol–water partition coefficient (Wildman–Crippen LogP) is 10.3. The number of hydrogen-bond donors (Lipinski definition) is 1. The van der Waals surface area contributed by atoms with Crippen molar-refractivity contribution in [3.63, 3.8) is 0 Å². The van der Waals surface area contributed by atoms with E-state index in [2.05, 4.69) is 27.1 Å². The van der Waals surface area contributed by atoms with Crippen molar-refractivity contribution in [3.8, 4) is 35.1 Å². The topological polar surface area (TPSA) is 117 Å². The highest BCUT2D eigenvalue weighted by Crippen LogP contribution is 2.34. The minimum absolute atomic E-state index is 0.383. The molecule has 246 valence electrons. The van der Waals surface area contributed by atoms with E-state index in [1.54, 1.807) is 48.8 Å². The Bertz CT molecular complexity index is 2560. The van der Waals surface area contributed by atoms with Crippen molar-refractivity contribution in [2.45, 2.75) is 13.2 Å². The number of halogens is 1. The summed E-state index contributed by atoms with van der Waals surface area (Å²) in [6.07, 6.45) is 5.23. The first kappa shape index (κ1) is 32.7. The third-order valence-electron chi connectivity index (χ3n) is 8.06. The van der Waals surface area contributed by atoms with Crippen LogP contribution in [0.5, 0.6) is 23.0 Å². The number of aromatic nitrogens is 3. The summed E-state index contributed by atoms with van der Waals surface area (Å²) in [5, 5.41) is 22.1. The number of hydrogen-bond acceptors (Lipinski definition) is 7. The maximum Gasteiger partial charge on any atom is 0.139 e. The Morgan fingerprint density at radius 1 is 0.608 bits per heavy atom. The molecule has 0 saturated heterocycles. The minimum atomic E-state index is 0.383. The molecule has 0 bridgehead atoms. The van der Waals surface area contributed by atoms with Gasteiger partial charge in [0.05, 0.1) is 27.2 Å². The summed E-state index contributed by atoms with van der Waals surface area (Å²) in [6, 6.07) is 42.4. The van der Waals surface area contributed by atoms with Crippen LogP contribution in [0.1, 0.15) is 22.3 Å². The molecule has 9 heteroatoms. The fourth-order valence-electron chi connectivity index (χ4n) is 5.48. The number of nitriles is 2. The van der Waals surface area contributed by atoms with Gasteiger partial charge in [0, 0.05) is 52.4 Å². The largest absolute Gasteiger partial charge is 0.487 e. The lowest BCUT2D eigenvalue weighted by Gasteiger charge is -2.12. The number of rotatable bonds is 8. The van der Waals surface area contributed by atoms with Crippen LogP contribution in [0.25, 0.3) is 32.7 Å². The van der Waals surface area contributed by atoms with Crippen LogP contribution in [0.3, 0.4) is 0 Å². The van der Waals surface area contributed by atoms with E-state index in [-0.39, 0.29) is 0 Å². The molecule has 3 heterocycles. The molecule has 0 spiro atoms. The highest BCUT2D eigenvalue weighted by Gasteiger charge is 2.13. The molecule has 5 aromatic carbocycles. The number of H-pyrrole nitrogens is 1. The normalized spacial score (nSPS) is 10.6. The molecule has 8 aromatic rings. The molecular weight excluding hydrogens is 658 g/mol. The van der Waals surface area contributed by atoms with Gasteiger partial charge in [0.2, 0.25) is 0 Å². The van der Waals surface area contributed by atoms with Crippen LogP contribution < -0.4 is 14.2 Å². The summed E-state index contributed by atoms with van der Waals surface area (Å²) in [4.78, 5) is 11.9. The Hall–Kier alpha value is -6.87. The first-order chi connectivity index (χ1) is 25.1. The predicted molar refractivity (Wildman–Crippen MR) is 198 cm³/mol. The highest BCUT2D eigenvalue weighted by atomic mass is 35.5. The molecule has 0 saturated carbocycles. The van der Waals surface area contributed by atoms with Gasteiger partial charge in [-0.1, -0.05) is 72.3 Å². The maximum atomic E-state index is 9.66. The zero-order chi connectivity index (χ0) is 35.0. The molecule has 51 heavy (non-hydrogen) atoms. The first-order valence-corrected chi connectivity index (χ1v) is 16.4. The fourth-order valence-corrected chi connectivity index (χ4v) is 5.69. The van der Waals surface area contributed by atoms with E-state index in [1.807, 2.05) is 91.1 Å². The van der Waals surface area contributed by atoms with E-state index in [0.717, 1.165) is 38.6 Å². The maximum absolute atomic E-state index is 9.66. The lowest BCUT2D eigenvalue weighted by atomic mass is 10.1. The molecule has 0 aliphatic heterocycles. The van der Waals surface area contributed by atoms with Crippen LogP contribution in [-0.2, 0) is 13.2 Å². The number of ether oxygens (including phenoxy) is 3. The van der Waals surface area contributed by atoms with Crippen LogP contribution >= 0.6 is 11.6 Å². The second kappa shape index (κ2) is 15.1. The minimum Gasteiger partial charge on any atom is -0.487 e. The molecule has 0 unspecified atom stereocenters. The van der Waals surface area contributed by atoms with Gasteiger partial charge in [-0.15, -0.1) is 0 Å². The SMILES string of the molecule is N#Cc1cc2c(Cl)ccnc2cc1OCc1ccccc1.N#Cc1cc2c(Oc3ccc4[nH]ccc4c3)ccnc2cc1OCc1ccccc1. The Kier molecular flexibility index (Phi) is 9.69. The molecule has 3 aromatic heterocycles. The second-order valence-corrected chi connectivity index (χ2v) is 11.8. The van der Waals surface area contributed by atoms with Gasteiger partial charge in [0.1, 0.15) is 48.4 Å². The first-order valence-electron chi connectivity index (χ1n) is 16.0. The Morgan fingerprint density at radius 3 is 1.82 bits per heavy atom. The molecule has 8 nitrogen and oxygen atoms in total. The van der Waals surface area contributed by atoms with Gasteiger partial charge in [-0.25, -0.2) is 0 Å². The summed E-state index contributed by atoms with van der Waals surface area (Å²) in [5.41, 5.74) is 5.44. The number of nitrogens with zero attached hydrogens (tertiary/aromatic N) is 4. The van der Waals surface area contributed by atoms with Crippen LogP contribution in [0.2, 0.25) is 5.02 Å². The Morgan fingerprint density at radius 2 is 1.20 bits per heavy atom. The van der Waals surface area contributed by atoms with Crippen molar-refractivity contribution < 1.29 is 14.2 Å². The molecular formula is C42H28ClN5O3. The molecule has 0 fully saturated rings. The lowest BCUT2D eigenvalue weighted by Crippen LogP contribution is -1.98. The van der Waals surface area contributed by atoms with Gasteiger partial charge in [0.25, 0.3) is 0 Å². The number of benzene rings is 5. The third-order valence-corrected chi connectivity index (χ3v) is 8.39. The molecule has 0 atom stereocenters. The van der Waals surface area contributed by atoms with Crippen molar-refractivity contribution in [3.05, 3.63) is 167 Å². The zero-order valence-corrected chi connectivity index (χ0v) is 27.8.